The molecule has 0 fully saturated rings. The van der Waals surface area contributed by atoms with Crippen molar-refractivity contribution in [3.63, 3.8) is 0 Å². The first kappa shape index (κ1) is 17.6. The van der Waals surface area contributed by atoms with E-state index in [2.05, 4.69) is 15.3 Å². The third kappa shape index (κ3) is 4.24. The maximum atomic E-state index is 12.5. The molecule has 0 radical (unpaired) electrons. The van der Waals surface area contributed by atoms with Gasteiger partial charge in [-0.05, 0) is 45.4 Å². The van der Waals surface area contributed by atoms with Crippen molar-refractivity contribution in [1.29, 1.82) is 0 Å². The van der Waals surface area contributed by atoms with E-state index in [4.69, 9.17) is 4.74 Å². The predicted octanol–water partition coefficient (Wildman–Crippen LogP) is 4.66. The molecule has 1 amide bonds. The van der Waals surface area contributed by atoms with E-state index in [1.807, 2.05) is 52.0 Å². The highest BCUT2D eigenvalue weighted by atomic mass is 32.1. The summed E-state index contributed by atoms with van der Waals surface area (Å²) in [5, 5.41) is 4.24. The van der Waals surface area contributed by atoms with Gasteiger partial charge in [-0.2, -0.15) is 0 Å². The van der Waals surface area contributed by atoms with Crippen LogP contribution in [0.5, 0.6) is 5.75 Å². The van der Waals surface area contributed by atoms with Crippen LogP contribution in [0.25, 0.3) is 0 Å². The summed E-state index contributed by atoms with van der Waals surface area (Å²) < 4.78 is 5.76. The zero-order chi connectivity index (χ0) is 18.0. The summed E-state index contributed by atoms with van der Waals surface area (Å²) in [7, 11) is 0. The molecule has 5 nitrogen and oxygen atoms in total. The predicted molar refractivity (Wildman–Crippen MR) is 102 cm³/mol. The number of aryl methyl sites for hydroxylation is 4. The Hall–Kier alpha value is -2.25. The summed E-state index contributed by atoms with van der Waals surface area (Å²) >= 11 is 2.83. The zero-order valence-corrected chi connectivity index (χ0v) is 16.2. The van der Waals surface area contributed by atoms with Gasteiger partial charge in [-0.1, -0.05) is 12.1 Å². The molecule has 25 heavy (non-hydrogen) atoms. The summed E-state index contributed by atoms with van der Waals surface area (Å²) in [4.78, 5) is 23.0. The third-order valence-electron chi connectivity index (χ3n) is 3.65. The molecule has 0 atom stereocenters. The van der Waals surface area contributed by atoms with E-state index in [1.165, 1.54) is 22.7 Å². The van der Waals surface area contributed by atoms with Gasteiger partial charge in [0, 0.05) is 4.88 Å². The third-order valence-corrected chi connectivity index (χ3v) is 5.77. The Kier molecular flexibility index (Phi) is 5.15. The molecular formula is C18H19N3O2S2. The molecule has 2 heterocycles. The summed E-state index contributed by atoms with van der Waals surface area (Å²) in [6, 6.07) is 7.86. The van der Waals surface area contributed by atoms with Gasteiger partial charge in [0.15, 0.2) is 5.13 Å². The standard InChI is InChI=1S/C18H19N3O2S2/c1-10-6-5-7-14(8-10)23-9-15-19-12(3)16(25-15)17(22)21-18-20-11(2)13(4)24-18/h5-8H,9H2,1-4H3,(H,20,21,22). The minimum absolute atomic E-state index is 0.175. The summed E-state index contributed by atoms with van der Waals surface area (Å²) in [6.45, 7) is 8.12. The number of carbonyl (C=O) groups excluding carboxylic acids is 1. The lowest BCUT2D eigenvalue weighted by atomic mass is 10.2. The molecule has 0 aliphatic rings. The highest BCUT2D eigenvalue weighted by Gasteiger charge is 2.17. The molecule has 3 aromatic rings. The topological polar surface area (TPSA) is 64.1 Å². The van der Waals surface area contributed by atoms with Crippen LogP contribution in [0.4, 0.5) is 5.13 Å². The van der Waals surface area contributed by atoms with Crippen LogP contribution < -0.4 is 10.1 Å². The van der Waals surface area contributed by atoms with E-state index in [0.29, 0.717) is 22.3 Å². The van der Waals surface area contributed by atoms with E-state index in [1.54, 1.807) is 0 Å². The summed E-state index contributed by atoms with van der Waals surface area (Å²) in [6.07, 6.45) is 0. The fourth-order valence-corrected chi connectivity index (χ4v) is 3.94. The monoisotopic (exact) mass is 373 g/mol. The van der Waals surface area contributed by atoms with Crippen molar-refractivity contribution in [3.05, 3.63) is 56.0 Å². The Balaban J connectivity index is 1.68. The van der Waals surface area contributed by atoms with Crippen LogP contribution in [0.3, 0.4) is 0 Å². The molecule has 0 saturated carbocycles. The number of thiazole rings is 2. The van der Waals surface area contributed by atoms with Crippen molar-refractivity contribution in [2.75, 3.05) is 5.32 Å². The highest BCUT2D eigenvalue weighted by molar-refractivity contribution is 7.16. The van der Waals surface area contributed by atoms with E-state index in [9.17, 15) is 4.79 Å². The first-order valence-electron chi connectivity index (χ1n) is 7.83. The molecule has 7 heteroatoms. The van der Waals surface area contributed by atoms with Crippen LogP contribution in [0, 0.1) is 27.7 Å². The smallest absolute Gasteiger partial charge is 0.269 e. The number of nitrogens with one attached hydrogen (secondary N) is 1. The lowest BCUT2D eigenvalue weighted by Crippen LogP contribution is -2.11. The van der Waals surface area contributed by atoms with Crippen LogP contribution in [0.15, 0.2) is 24.3 Å². The second-order valence-electron chi connectivity index (χ2n) is 5.74. The number of rotatable bonds is 5. The van der Waals surface area contributed by atoms with Crippen molar-refractivity contribution in [2.24, 2.45) is 0 Å². The van der Waals surface area contributed by atoms with Gasteiger partial charge >= 0.3 is 0 Å². The number of amides is 1. The van der Waals surface area contributed by atoms with Gasteiger partial charge in [0.2, 0.25) is 0 Å². The van der Waals surface area contributed by atoms with E-state index < -0.39 is 0 Å². The Morgan fingerprint density at radius 2 is 1.92 bits per heavy atom. The number of hydrogen-bond acceptors (Lipinski definition) is 6. The molecule has 0 bridgehead atoms. The van der Waals surface area contributed by atoms with E-state index in [-0.39, 0.29) is 5.91 Å². The maximum absolute atomic E-state index is 12.5. The van der Waals surface area contributed by atoms with Gasteiger partial charge in [-0.15, -0.1) is 22.7 Å². The average molecular weight is 374 g/mol. The zero-order valence-electron chi connectivity index (χ0n) is 14.5. The molecule has 0 aliphatic heterocycles. The molecule has 2 aromatic heterocycles. The van der Waals surface area contributed by atoms with Crippen LogP contribution in [-0.4, -0.2) is 15.9 Å². The first-order valence-corrected chi connectivity index (χ1v) is 9.47. The second kappa shape index (κ2) is 7.33. The van der Waals surface area contributed by atoms with Gasteiger partial charge < -0.3 is 4.74 Å². The van der Waals surface area contributed by atoms with Crippen molar-refractivity contribution in [3.8, 4) is 5.75 Å². The maximum Gasteiger partial charge on any atom is 0.269 e. The van der Waals surface area contributed by atoms with Crippen molar-refractivity contribution in [2.45, 2.75) is 34.3 Å². The Morgan fingerprint density at radius 1 is 1.12 bits per heavy atom. The van der Waals surface area contributed by atoms with Gasteiger partial charge in [-0.3, -0.25) is 10.1 Å². The minimum atomic E-state index is -0.175. The Bertz CT molecular complexity index is 895. The SMILES string of the molecule is Cc1cccc(OCc2nc(C)c(C(=O)Nc3nc(C)c(C)s3)s2)c1. The Morgan fingerprint density at radius 3 is 2.60 bits per heavy atom. The molecule has 3 rings (SSSR count). The fraction of sp³-hybridized carbons (Fsp3) is 0.278. The van der Waals surface area contributed by atoms with Crippen LogP contribution >= 0.6 is 22.7 Å². The molecule has 1 aromatic carbocycles. The molecule has 0 spiro atoms. The van der Waals surface area contributed by atoms with E-state index >= 15 is 0 Å². The molecule has 1 N–H and O–H groups in total. The lowest BCUT2D eigenvalue weighted by Gasteiger charge is -2.04. The van der Waals surface area contributed by atoms with Crippen molar-refractivity contribution >= 4 is 33.7 Å². The molecule has 0 aliphatic carbocycles. The molecule has 0 unspecified atom stereocenters. The number of anilines is 1. The largest absolute Gasteiger partial charge is 0.486 e. The van der Waals surface area contributed by atoms with Crippen molar-refractivity contribution in [1.82, 2.24) is 9.97 Å². The van der Waals surface area contributed by atoms with Gasteiger partial charge in [0.05, 0.1) is 11.4 Å². The van der Waals surface area contributed by atoms with Crippen LogP contribution in [0.2, 0.25) is 0 Å². The number of nitrogens with zero attached hydrogens (tertiary/aromatic N) is 2. The lowest BCUT2D eigenvalue weighted by molar-refractivity contribution is 0.103. The van der Waals surface area contributed by atoms with E-state index in [0.717, 1.165) is 26.9 Å². The highest BCUT2D eigenvalue weighted by Crippen LogP contribution is 2.25. The summed E-state index contributed by atoms with van der Waals surface area (Å²) in [5.74, 6) is 0.623. The number of hydrogen-bond donors (Lipinski definition) is 1. The molecule has 0 saturated heterocycles. The number of ether oxygens (including phenoxy) is 1. The van der Waals surface area contributed by atoms with Gasteiger partial charge in [0.1, 0.15) is 22.2 Å². The van der Waals surface area contributed by atoms with Crippen LogP contribution in [0.1, 0.15) is 36.5 Å². The number of carbonyl (C=O) groups is 1. The molecule has 130 valence electrons. The number of benzene rings is 1. The average Bonchev–Trinajstić information content (AvgIpc) is 3.08. The summed E-state index contributed by atoms with van der Waals surface area (Å²) in [5.41, 5.74) is 2.78. The fourth-order valence-electron chi connectivity index (χ4n) is 2.25. The van der Waals surface area contributed by atoms with Gasteiger partial charge in [-0.25, -0.2) is 9.97 Å². The van der Waals surface area contributed by atoms with Crippen molar-refractivity contribution < 1.29 is 9.53 Å². The first-order chi connectivity index (χ1) is 11.9. The van der Waals surface area contributed by atoms with Crippen LogP contribution in [-0.2, 0) is 6.61 Å². The van der Waals surface area contributed by atoms with Gasteiger partial charge in [0.25, 0.3) is 5.91 Å². The molecular weight excluding hydrogens is 354 g/mol. The Labute approximate surface area is 154 Å². The quantitative estimate of drug-likeness (QED) is 0.706. The minimum Gasteiger partial charge on any atom is -0.486 e. The normalized spacial score (nSPS) is 10.7. The second-order valence-corrected chi connectivity index (χ2v) is 8.03. The number of aromatic nitrogens is 2.